The molecular weight excluding hydrogens is 325 g/mol. The van der Waals surface area contributed by atoms with Crippen LogP contribution in [0.2, 0.25) is 0 Å². The number of hydrogen-bond acceptors (Lipinski definition) is 3. The average molecular weight is 345 g/mol. The number of ether oxygens (including phenoxy) is 1. The highest BCUT2D eigenvalue weighted by molar-refractivity contribution is 5.88. The number of aromatic carboxylic acids is 1. The summed E-state index contributed by atoms with van der Waals surface area (Å²) in [5.41, 5.74) is 0.833. The van der Waals surface area contributed by atoms with E-state index in [0.29, 0.717) is 30.9 Å². The van der Waals surface area contributed by atoms with Crippen LogP contribution in [0.25, 0.3) is 0 Å². The molecule has 0 unspecified atom stereocenters. The highest BCUT2D eigenvalue weighted by Crippen LogP contribution is 2.11. The minimum absolute atomic E-state index is 0.0932. The standard InChI is InChI=1S/C19H20FNO4/c1-21(10-3-11-25-17-8-6-16(20)7-9-17)18(22)13-14-4-2-5-15(12-14)19(23)24/h2,4-9,12H,3,10-11,13H2,1H3,(H,23,24). The number of amides is 1. The van der Waals surface area contributed by atoms with Crippen molar-refractivity contribution in [3.8, 4) is 5.75 Å². The SMILES string of the molecule is CN(CCCOc1ccc(F)cc1)C(=O)Cc1cccc(C(=O)O)c1. The van der Waals surface area contributed by atoms with Gasteiger partial charge in [0.2, 0.25) is 5.91 Å². The maximum absolute atomic E-state index is 12.8. The molecule has 0 bridgehead atoms. The number of carbonyl (C=O) groups excluding carboxylic acids is 1. The van der Waals surface area contributed by atoms with E-state index in [-0.39, 0.29) is 23.7 Å². The molecule has 2 rings (SSSR count). The second-order valence-electron chi connectivity index (χ2n) is 5.65. The first kappa shape index (κ1) is 18.4. The zero-order valence-electron chi connectivity index (χ0n) is 13.9. The molecule has 0 atom stereocenters. The molecule has 0 saturated heterocycles. The van der Waals surface area contributed by atoms with E-state index in [0.717, 1.165) is 0 Å². The molecule has 0 aromatic heterocycles. The van der Waals surface area contributed by atoms with Gasteiger partial charge in [0, 0.05) is 13.6 Å². The van der Waals surface area contributed by atoms with Crippen molar-refractivity contribution in [1.29, 1.82) is 0 Å². The van der Waals surface area contributed by atoms with Crippen molar-refractivity contribution in [2.45, 2.75) is 12.8 Å². The van der Waals surface area contributed by atoms with Crippen LogP contribution >= 0.6 is 0 Å². The van der Waals surface area contributed by atoms with E-state index in [1.54, 1.807) is 36.2 Å². The van der Waals surface area contributed by atoms with Crippen molar-refractivity contribution in [3.63, 3.8) is 0 Å². The summed E-state index contributed by atoms with van der Waals surface area (Å²) in [4.78, 5) is 24.7. The van der Waals surface area contributed by atoms with Crippen LogP contribution in [0.15, 0.2) is 48.5 Å². The molecule has 132 valence electrons. The predicted octanol–water partition coefficient (Wildman–Crippen LogP) is 2.99. The Morgan fingerprint density at radius 1 is 1.16 bits per heavy atom. The second-order valence-corrected chi connectivity index (χ2v) is 5.65. The summed E-state index contributed by atoms with van der Waals surface area (Å²) in [5, 5.41) is 8.97. The monoisotopic (exact) mass is 345 g/mol. The smallest absolute Gasteiger partial charge is 0.335 e. The zero-order chi connectivity index (χ0) is 18.2. The number of rotatable bonds is 8. The Bertz CT molecular complexity index is 730. The summed E-state index contributed by atoms with van der Waals surface area (Å²) < 4.78 is 18.3. The van der Waals surface area contributed by atoms with Gasteiger partial charge in [-0.3, -0.25) is 4.79 Å². The average Bonchev–Trinajstić information content (AvgIpc) is 2.60. The third kappa shape index (κ3) is 5.91. The fourth-order valence-corrected chi connectivity index (χ4v) is 2.27. The normalized spacial score (nSPS) is 10.3. The molecular formula is C19H20FNO4. The van der Waals surface area contributed by atoms with Gasteiger partial charge in [-0.25, -0.2) is 9.18 Å². The molecule has 2 aromatic carbocycles. The van der Waals surface area contributed by atoms with Crippen molar-refractivity contribution < 1.29 is 23.8 Å². The van der Waals surface area contributed by atoms with Gasteiger partial charge in [-0.05, 0) is 48.4 Å². The van der Waals surface area contributed by atoms with E-state index in [2.05, 4.69) is 0 Å². The molecule has 0 aliphatic rings. The molecule has 0 aliphatic heterocycles. The number of nitrogens with zero attached hydrogens (tertiary/aromatic N) is 1. The maximum Gasteiger partial charge on any atom is 0.335 e. The minimum atomic E-state index is -1.01. The highest BCUT2D eigenvalue weighted by Gasteiger charge is 2.11. The summed E-state index contributed by atoms with van der Waals surface area (Å²) in [6.07, 6.45) is 0.783. The third-order valence-electron chi connectivity index (χ3n) is 3.68. The molecule has 1 amide bonds. The van der Waals surface area contributed by atoms with E-state index < -0.39 is 5.97 Å². The van der Waals surface area contributed by atoms with E-state index in [9.17, 15) is 14.0 Å². The molecule has 0 aliphatic carbocycles. The number of carboxylic acids is 1. The first-order valence-electron chi connectivity index (χ1n) is 7.90. The Kier molecular flexibility index (Phi) is 6.51. The lowest BCUT2D eigenvalue weighted by atomic mass is 10.1. The Morgan fingerprint density at radius 3 is 2.56 bits per heavy atom. The van der Waals surface area contributed by atoms with Crippen molar-refractivity contribution in [3.05, 3.63) is 65.5 Å². The Balaban J connectivity index is 1.75. The summed E-state index contributed by atoms with van der Waals surface area (Å²) in [6, 6.07) is 12.1. The number of carbonyl (C=O) groups is 2. The molecule has 0 spiro atoms. The van der Waals surface area contributed by atoms with Crippen LogP contribution in [0.1, 0.15) is 22.3 Å². The lowest BCUT2D eigenvalue weighted by Crippen LogP contribution is -2.30. The van der Waals surface area contributed by atoms with Gasteiger partial charge in [0.25, 0.3) is 0 Å². The number of benzene rings is 2. The molecule has 0 fully saturated rings. The molecule has 0 heterocycles. The van der Waals surface area contributed by atoms with Gasteiger partial charge in [0.05, 0.1) is 18.6 Å². The lowest BCUT2D eigenvalue weighted by Gasteiger charge is -2.17. The van der Waals surface area contributed by atoms with E-state index in [1.165, 1.54) is 24.3 Å². The van der Waals surface area contributed by atoms with Gasteiger partial charge in [-0.15, -0.1) is 0 Å². The summed E-state index contributed by atoms with van der Waals surface area (Å²) >= 11 is 0. The first-order valence-corrected chi connectivity index (χ1v) is 7.90. The molecule has 0 saturated carbocycles. The van der Waals surface area contributed by atoms with E-state index in [1.807, 2.05) is 0 Å². The van der Waals surface area contributed by atoms with Crippen LogP contribution < -0.4 is 4.74 Å². The van der Waals surface area contributed by atoms with Crippen LogP contribution in [0.3, 0.4) is 0 Å². The Hall–Kier alpha value is -2.89. The van der Waals surface area contributed by atoms with Gasteiger partial charge in [0.15, 0.2) is 0 Å². The number of halogens is 1. The predicted molar refractivity (Wildman–Crippen MR) is 91.3 cm³/mol. The van der Waals surface area contributed by atoms with Crippen molar-refractivity contribution in [2.24, 2.45) is 0 Å². The number of likely N-dealkylation sites (N-methyl/N-ethyl adjacent to an activating group) is 1. The topological polar surface area (TPSA) is 66.8 Å². The highest BCUT2D eigenvalue weighted by atomic mass is 19.1. The van der Waals surface area contributed by atoms with Crippen molar-refractivity contribution >= 4 is 11.9 Å². The molecule has 6 heteroatoms. The van der Waals surface area contributed by atoms with Gasteiger partial charge < -0.3 is 14.7 Å². The molecule has 2 aromatic rings. The Labute approximate surface area is 145 Å². The van der Waals surface area contributed by atoms with Crippen LogP contribution in [0, 0.1) is 5.82 Å². The summed E-state index contributed by atoms with van der Waals surface area (Å²) in [6.45, 7) is 0.927. The van der Waals surface area contributed by atoms with Crippen LogP contribution in [0.5, 0.6) is 5.75 Å². The van der Waals surface area contributed by atoms with Crippen LogP contribution in [-0.2, 0) is 11.2 Å². The number of carboxylic acid groups (broad SMARTS) is 1. The fourth-order valence-electron chi connectivity index (χ4n) is 2.27. The first-order chi connectivity index (χ1) is 12.0. The number of hydrogen-bond donors (Lipinski definition) is 1. The van der Waals surface area contributed by atoms with Gasteiger partial charge in [0.1, 0.15) is 11.6 Å². The largest absolute Gasteiger partial charge is 0.494 e. The quantitative estimate of drug-likeness (QED) is 0.747. The minimum Gasteiger partial charge on any atom is -0.494 e. The lowest BCUT2D eigenvalue weighted by molar-refractivity contribution is -0.129. The summed E-state index contributed by atoms with van der Waals surface area (Å²) in [7, 11) is 1.70. The van der Waals surface area contributed by atoms with Crippen molar-refractivity contribution in [1.82, 2.24) is 4.90 Å². The van der Waals surface area contributed by atoms with Crippen LogP contribution in [0.4, 0.5) is 4.39 Å². The van der Waals surface area contributed by atoms with Gasteiger partial charge in [-0.1, -0.05) is 12.1 Å². The van der Waals surface area contributed by atoms with E-state index >= 15 is 0 Å². The van der Waals surface area contributed by atoms with Gasteiger partial charge in [-0.2, -0.15) is 0 Å². The van der Waals surface area contributed by atoms with Crippen LogP contribution in [-0.4, -0.2) is 42.1 Å². The molecule has 0 radical (unpaired) electrons. The van der Waals surface area contributed by atoms with Gasteiger partial charge >= 0.3 is 5.97 Å². The van der Waals surface area contributed by atoms with E-state index in [4.69, 9.17) is 9.84 Å². The molecule has 1 N–H and O–H groups in total. The fraction of sp³-hybridized carbons (Fsp3) is 0.263. The second kappa shape index (κ2) is 8.82. The zero-order valence-corrected chi connectivity index (χ0v) is 13.9. The summed E-state index contributed by atoms with van der Waals surface area (Å²) in [5.74, 6) is -0.838. The third-order valence-corrected chi connectivity index (χ3v) is 3.68. The van der Waals surface area contributed by atoms with Crippen molar-refractivity contribution in [2.75, 3.05) is 20.2 Å². The molecule has 5 nitrogen and oxygen atoms in total. The Morgan fingerprint density at radius 2 is 1.88 bits per heavy atom. The maximum atomic E-state index is 12.8. The molecule has 25 heavy (non-hydrogen) atoms.